The molecule has 2 aromatic rings. The van der Waals surface area contributed by atoms with E-state index in [0.29, 0.717) is 17.1 Å². The second-order valence-electron chi connectivity index (χ2n) is 7.39. The molecule has 0 aromatic heterocycles. The topological polar surface area (TPSA) is 61.8 Å². The van der Waals surface area contributed by atoms with Gasteiger partial charge in [0.25, 0.3) is 0 Å². The summed E-state index contributed by atoms with van der Waals surface area (Å²) >= 11 is 0. The molecule has 1 atom stereocenters. The lowest BCUT2D eigenvalue weighted by Gasteiger charge is -2.22. The first-order chi connectivity index (χ1) is 13.2. The number of carbonyl (C=O) groups is 2. The second kappa shape index (κ2) is 7.50. The second-order valence-corrected chi connectivity index (χ2v) is 7.39. The fourth-order valence-electron chi connectivity index (χ4n) is 3.16. The van der Waals surface area contributed by atoms with E-state index in [0.717, 1.165) is 16.9 Å². The minimum absolute atomic E-state index is 0.0591. The molecule has 3 rings (SSSR count). The number of carbonyl (C=O) groups excluding carboxylic acids is 2. The van der Waals surface area contributed by atoms with E-state index >= 15 is 0 Å². The van der Waals surface area contributed by atoms with Crippen LogP contribution in [-0.2, 0) is 10.2 Å². The van der Waals surface area contributed by atoms with Crippen molar-refractivity contribution in [3.8, 4) is 17.2 Å². The van der Waals surface area contributed by atoms with E-state index in [1.54, 1.807) is 37.5 Å². The average Bonchev–Trinajstić information content (AvgIpc) is 2.87. The van der Waals surface area contributed by atoms with Gasteiger partial charge in [-0.05, 0) is 49.4 Å². The Hall–Kier alpha value is -3.08. The summed E-state index contributed by atoms with van der Waals surface area (Å²) in [5.41, 5.74) is 2.29. The number of ketones is 1. The number of fused-ring (bicyclic) bond motifs is 1. The van der Waals surface area contributed by atoms with Crippen LogP contribution in [0.25, 0.3) is 6.08 Å². The van der Waals surface area contributed by atoms with E-state index in [1.807, 2.05) is 19.1 Å². The molecule has 0 amide bonds. The molecule has 1 aliphatic heterocycles. The number of allylic oxidation sites excluding steroid dienone is 1. The van der Waals surface area contributed by atoms with Crippen molar-refractivity contribution in [1.82, 2.24) is 0 Å². The number of ether oxygens (including phenoxy) is 3. The summed E-state index contributed by atoms with van der Waals surface area (Å²) in [4.78, 5) is 23.5. The van der Waals surface area contributed by atoms with Crippen molar-refractivity contribution in [3.63, 3.8) is 0 Å². The Balaban J connectivity index is 1.85. The maximum Gasteiger partial charge on any atom is 0.308 e. The number of esters is 1. The maximum absolute atomic E-state index is 12.5. The largest absolute Gasteiger partial charge is 0.496 e. The van der Waals surface area contributed by atoms with Crippen LogP contribution in [0.3, 0.4) is 0 Å². The fraction of sp³-hybridized carbons (Fsp3) is 0.304. The van der Waals surface area contributed by atoms with Crippen LogP contribution >= 0.6 is 0 Å². The van der Waals surface area contributed by atoms with Gasteiger partial charge in [0.1, 0.15) is 23.4 Å². The average molecular weight is 380 g/mol. The first kappa shape index (κ1) is 19.7. The Morgan fingerprint density at radius 2 is 1.82 bits per heavy atom. The first-order valence-electron chi connectivity index (χ1n) is 9.12. The van der Waals surface area contributed by atoms with E-state index in [2.05, 4.69) is 13.8 Å². The van der Waals surface area contributed by atoms with E-state index in [4.69, 9.17) is 14.2 Å². The first-order valence-corrected chi connectivity index (χ1v) is 9.12. The zero-order chi connectivity index (χ0) is 20.5. The zero-order valence-corrected chi connectivity index (χ0v) is 16.7. The van der Waals surface area contributed by atoms with Crippen molar-refractivity contribution >= 4 is 17.8 Å². The van der Waals surface area contributed by atoms with Gasteiger partial charge in [0.15, 0.2) is 5.78 Å². The lowest BCUT2D eigenvalue weighted by molar-refractivity contribution is -0.131. The molecule has 0 bridgehead atoms. The summed E-state index contributed by atoms with van der Waals surface area (Å²) in [5, 5.41) is 0. The maximum atomic E-state index is 12.5. The van der Waals surface area contributed by atoms with Crippen LogP contribution in [0.4, 0.5) is 0 Å². The van der Waals surface area contributed by atoms with Crippen molar-refractivity contribution < 1.29 is 23.8 Å². The molecule has 0 saturated carbocycles. The fourth-order valence-corrected chi connectivity index (χ4v) is 3.16. The van der Waals surface area contributed by atoms with Crippen molar-refractivity contribution in [3.05, 3.63) is 59.2 Å². The van der Waals surface area contributed by atoms with Gasteiger partial charge in [0.05, 0.1) is 7.11 Å². The molecule has 0 spiro atoms. The van der Waals surface area contributed by atoms with Crippen molar-refractivity contribution in [2.24, 2.45) is 0 Å². The normalized spacial score (nSPS) is 17.1. The van der Waals surface area contributed by atoms with Crippen LogP contribution in [0.15, 0.2) is 42.5 Å². The highest BCUT2D eigenvalue weighted by molar-refractivity contribution is 6.07. The number of methoxy groups -OCH3 is 1. The van der Waals surface area contributed by atoms with Gasteiger partial charge in [-0.2, -0.15) is 0 Å². The van der Waals surface area contributed by atoms with E-state index in [-0.39, 0.29) is 17.3 Å². The summed E-state index contributed by atoms with van der Waals surface area (Å²) in [7, 11) is 1.60. The molecule has 5 nitrogen and oxygen atoms in total. The van der Waals surface area contributed by atoms with Gasteiger partial charge >= 0.3 is 5.97 Å². The molecule has 1 unspecified atom stereocenters. The van der Waals surface area contributed by atoms with E-state index in [1.165, 1.54) is 13.0 Å². The van der Waals surface area contributed by atoms with Crippen LogP contribution < -0.4 is 14.2 Å². The van der Waals surface area contributed by atoms with Gasteiger partial charge in [-0.1, -0.05) is 13.8 Å². The Morgan fingerprint density at radius 1 is 1.14 bits per heavy atom. The van der Waals surface area contributed by atoms with Gasteiger partial charge in [-0.15, -0.1) is 0 Å². The van der Waals surface area contributed by atoms with Gasteiger partial charge < -0.3 is 14.2 Å². The van der Waals surface area contributed by atoms with Crippen molar-refractivity contribution in [2.75, 3.05) is 7.11 Å². The van der Waals surface area contributed by atoms with Gasteiger partial charge in [0.2, 0.25) is 0 Å². The number of hydrogen-bond acceptors (Lipinski definition) is 5. The predicted octanol–water partition coefficient (Wildman–Crippen LogP) is 4.58. The minimum Gasteiger partial charge on any atom is -0.496 e. The third-order valence-electron chi connectivity index (χ3n) is 5.16. The SMILES string of the molecule is COc1cc2c(cc1/C=C/C(=O)c1ccc(OC(C)=O)cc1)C(C)(C)C(C)O2. The molecular formula is C23H24O5. The van der Waals surface area contributed by atoms with Crippen LogP contribution in [0.1, 0.15) is 49.2 Å². The highest BCUT2D eigenvalue weighted by Crippen LogP contribution is 2.45. The smallest absolute Gasteiger partial charge is 0.308 e. The van der Waals surface area contributed by atoms with Crippen molar-refractivity contribution in [2.45, 2.75) is 39.2 Å². The van der Waals surface area contributed by atoms with Crippen molar-refractivity contribution in [1.29, 1.82) is 0 Å². The highest BCUT2D eigenvalue weighted by atomic mass is 16.5. The molecule has 5 heteroatoms. The highest BCUT2D eigenvalue weighted by Gasteiger charge is 2.39. The lowest BCUT2D eigenvalue weighted by atomic mass is 9.81. The monoisotopic (exact) mass is 380 g/mol. The molecule has 0 saturated heterocycles. The van der Waals surface area contributed by atoms with Gasteiger partial charge in [-0.3, -0.25) is 9.59 Å². The quantitative estimate of drug-likeness (QED) is 0.329. The summed E-state index contributed by atoms with van der Waals surface area (Å²) in [6, 6.07) is 10.3. The van der Waals surface area contributed by atoms with Crippen LogP contribution in [0, 0.1) is 0 Å². The summed E-state index contributed by atoms with van der Waals surface area (Å²) < 4.78 is 16.4. The number of rotatable bonds is 5. The standard InChI is InChI=1S/C23H24O5/c1-14-23(3,4)19-12-17(21(26-5)13-22(19)27-14)8-11-20(25)16-6-9-18(10-7-16)28-15(2)24/h6-14H,1-5H3/b11-8+. The molecule has 1 aliphatic rings. The number of hydrogen-bond donors (Lipinski definition) is 0. The predicted molar refractivity (Wildman–Crippen MR) is 107 cm³/mol. The third kappa shape index (κ3) is 3.79. The molecule has 28 heavy (non-hydrogen) atoms. The van der Waals surface area contributed by atoms with Gasteiger partial charge in [0, 0.05) is 35.1 Å². The van der Waals surface area contributed by atoms with E-state index < -0.39 is 5.97 Å². The van der Waals surface area contributed by atoms with Crippen LogP contribution in [-0.4, -0.2) is 25.0 Å². The summed E-state index contributed by atoms with van der Waals surface area (Å²) in [5.74, 6) is 1.33. The van der Waals surface area contributed by atoms with E-state index in [9.17, 15) is 9.59 Å². The Bertz CT molecular complexity index is 938. The zero-order valence-electron chi connectivity index (χ0n) is 16.7. The van der Waals surface area contributed by atoms with Gasteiger partial charge in [-0.25, -0.2) is 0 Å². The molecule has 1 heterocycles. The molecular weight excluding hydrogens is 356 g/mol. The minimum atomic E-state index is -0.399. The molecule has 0 aliphatic carbocycles. The van der Waals surface area contributed by atoms with Crippen LogP contribution in [0.5, 0.6) is 17.2 Å². The molecule has 0 N–H and O–H groups in total. The Labute approximate surface area is 164 Å². The molecule has 2 aromatic carbocycles. The molecule has 0 fully saturated rings. The Kier molecular flexibility index (Phi) is 5.27. The molecule has 146 valence electrons. The Morgan fingerprint density at radius 3 is 2.43 bits per heavy atom. The summed E-state index contributed by atoms with van der Waals surface area (Å²) in [6.45, 7) is 7.66. The van der Waals surface area contributed by atoms with Crippen LogP contribution in [0.2, 0.25) is 0 Å². The summed E-state index contributed by atoms with van der Waals surface area (Å²) in [6.07, 6.45) is 3.32. The third-order valence-corrected chi connectivity index (χ3v) is 5.16. The lowest BCUT2D eigenvalue weighted by Crippen LogP contribution is -2.28. The molecule has 0 radical (unpaired) electrons. The number of benzene rings is 2.